The predicted molar refractivity (Wildman–Crippen MR) is 81.9 cm³/mol. The van der Waals surface area contributed by atoms with E-state index >= 15 is 0 Å². The first kappa shape index (κ1) is 13.6. The fraction of sp³-hybridized carbons (Fsp3) is 0.273. The molecule has 100 valence electrons. The minimum absolute atomic E-state index is 0.0125. The Balaban J connectivity index is 1.78. The summed E-state index contributed by atoms with van der Waals surface area (Å²) in [5.41, 5.74) is 0.769. The largest absolute Gasteiger partial charge is 0.332 e. The predicted octanol–water partition coefficient (Wildman–Crippen LogP) is 3.75. The van der Waals surface area contributed by atoms with Crippen molar-refractivity contribution in [2.24, 2.45) is 0 Å². The lowest BCUT2D eigenvalue weighted by Crippen LogP contribution is -2.53. The van der Waals surface area contributed by atoms with Gasteiger partial charge in [-0.2, -0.15) is 0 Å². The van der Waals surface area contributed by atoms with E-state index in [1.54, 1.807) is 23.2 Å². The Hall–Kier alpha value is -0.340. The minimum atomic E-state index is 0.0125. The molecule has 4 nitrogen and oxygen atoms in total. The van der Waals surface area contributed by atoms with Crippen molar-refractivity contribution >= 4 is 64.4 Å². The molecule has 1 aliphatic rings. The van der Waals surface area contributed by atoms with Crippen LogP contribution in [-0.4, -0.2) is 35.0 Å². The van der Waals surface area contributed by atoms with Gasteiger partial charge < -0.3 is 4.90 Å². The number of hydrogen-bond acceptors (Lipinski definition) is 5. The van der Waals surface area contributed by atoms with E-state index in [1.807, 2.05) is 0 Å². The smallest absolute Gasteiger partial charge is 0.264 e. The molecular formula is C11H8BrClN2O2S2. The van der Waals surface area contributed by atoms with E-state index in [9.17, 15) is 4.79 Å². The van der Waals surface area contributed by atoms with Crippen molar-refractivity contribution in [2.45, 2.75) is 6.10 Å². The molecule has 0 atom stereocenters. The number of carbonyl (C=O) groups is 1. The highest BCUT2D eigenvalue weighted by Gasteiger charge is 2.33. The van der Waals surface area contributed by atoms with E-state index < -0.39 is 0 Å². The van der Waals surface area contributed by atoms with Crippen LogP contribution in [0.3, 0.4) is 0 Å². The quantitative estimate of drug-likeness (QED) is 0.762. The average molecular weight is 380 g/mol. The lowest BCUT2D eigenvalue weighted by atomic mass is 10.1. The van der Waals surface area contributed by atoms with E-state index in [0.29, 0.717) is 23.0 Å². The number of thiophene rings is 1. The second-order valence-electron chi connectivity index (χ2n) is 4.11. The number of hydrogen-bond donors (Lipinski definition) is 0. The highest BCUT2D eigenvalue weighted by atomic mass is 79.9. The molecule has 0 bridgehead atoms. The molecule has 0 saturated carbocycles. The number of aromatic nitrogens is 1. The van der Waals surface area contributed by atoms with Crippen molar-refractivity contribution in [3.63, 3.8) is 0 Å². The van der Waals surface area contributed by atoms with Gasteiger partial charge in [-0.05, 0) is 12.1 Å². The summed E-state index contributed by atoms with van der Waals surface area (Å²) in [5, 5.41) is 0.634. The van der Waals surface area contributed by atoms with Gasteiger partial charge in [0, 0.05) is 21.0 Å². The molecule has 0 unspecified atom stereocenters. The summed E-state index contributed by atoms with van der Waals surface area (Å²) in [6, 6.07) is 3.52. The van der Waals surface area contributed by atoms with Gasteiger partial charge in [0.1, 0.15) is 6.10 Å². The number of pyridine rings is 1. The van der Waals surface area contributed by atoms with Crippen LogP contribution in [0.5, 0.6) is 0 Å². The second kappa shape index (κ2) is 5.57. The molecule has 0 radical (unpaired) electrons. The normalized spacial score (nSPS) is 15.8. The van der Waals surface area contributed by atoms with E-state index in [2.05, 4.69) is 19.8 Å². The van der Waals surface area contributed by atoms with E-state index in [-0.39, 0.29) is 12.0 Å². The monoisotopic (exact) mass is 378 g/mol. The standard InChI is InChI=1S/C11H8BrClN2O2S2/c12-19-17-6-4-15(5-6)11(16)9-3-8-10(18-9)7(13)1-2-14-8/h1-3,6H,4-5H2. The van der Waals surface area contributed by atoms with Crippen LogP contribution in [0.2, 0.25) is 5.02 Å². The van der Waals surface area contributed by atoms with Crippen molar-refractivity contribution in [1.29, 1.82) is 0 Å². The van der Waals surface area contributed by atoms with E-state index in [1.165, 1.54) is 11.3 Å². The number of amides is 1. The molecule has 8 heteroatoms. The van der Waals surface area contributed by atoms with Crippen molar-refractivity contribution in [3.05, 3.63) is 28.2 Å². The maximum atomic E-state index is 12.2. The van der Waals surface area contributed by atoms with Crippen molar-refractivity contribution in [2.75, 3.05) is 13.1 Å². The first-order chi connectivity index (χ1) is 9.19. The van der Waals surface area contributed by atoms with Gasteiger partial charge in [-0.15, -0.1) is 11.3 Å². The van der Waals surface area contributed by atoms with Gasteiger partial charge in [0.15, 0.2) is 0 Å². The Bertz CT molecular complexity index is 630. The Labute approximate surface area is 130 Å². The number of carbonyl (C=O) groups excluding carboxylic acids is 1. The van der Waals surface area contributed by atoms with Crippen LogP contribution < -0.4 is 0 Å². The fourth-order valence-corrected chi connectivity index (χ4v) is 4.01. The maximum Gasteiger partial charge on any atom is 0.264 e. The molecule has 0 N–H and O–H groups in total. The SMILES string of the molecule is O=C(c1cc2nccc(Cl)c2s1)N1CC(OSBr)C1. The van der Waals surface area contributed by atoms with Crippen LogP contribution in [0, 0.1) is 0 Å². The van der Waals surface area contributed by atoms with Gasteiger partial charge in [-0.3, -0.25) is 14.0 Å². The molecule has 19 heavy (non-hydrogen) atoms. The molecule has 2 aromatic heterocycles. The molecule has 1 amide bonds. The Morgan fingerprint density at radius 2 is 2.42 bits per heavy atom. The fourth-order valence-electron chi connectivity index (χ4n) is 1.88. The molecule has 1 fully saturated rings. The van der Waals surface area contributed by atoms with Gasteiger partial charge in [0.2, 0.25) is 0 Å². The molecule has 1 aliphatic heterocycles. The summed E-state index contributed by atoms with van der Waals surface area (Å²) < 4.78 is 6.14. The topological polar surface area (TPSA) is 42.4 Å². The number of halogens is 2. The zero-order valence-electron chi connectivity index (χ0n) is 9.51. The van der Waals surface area contributed by atoms with E-state index in [0.717, 1.165) is 20.7 Å². The summed E-state index contributed by atoms with van der Waals surface area (Å²) in [5.74, 6) is 0.0125. The van der Waals surface area contributed by atoms with Crippen molar-refractivity contribution in [1.82, 2.24) is 9.88 Å². The van der Waals surface area contributed by atoms with Crippen molar-refractivity contribution in [3.8, 4) is 0 Å². The molecule has 3 rings (SSSR count). The molecule has 2 aromatic rings. The van der Waals surface area contributed by atoms with Gasteiger partial charge in [0.25, 0.3) is 5.91 Å². The lowest BCUT2D eigenvalue weighted by Gasteiger charge is -2.37. The zero-order chi connectivity index (χ0) is 13.4. The van der Waals surface area contributed by atoms with Crippen LogP contribution >= 0.6 is 48.2 Å². The van der Waals surface area contributed by atoms with Gasteiger partial charge in [-0.1, -0.05) is 11.6 Å². The van der Waals surface area contributed by atoms with Gasteiger partial charge in [-0.25, -0.2) is 0 Å². The highest BCUT2D eigenvalue weighted by molar-refractivity contribution is 9.49. The third-order valence-electron chi connectivity index (χ3n) is 2.88. The molecule has 0 spiro atoms. The summed E-state index contributed by atoms with van der Waals surface area (Å²) in [6.45, 7) is 1.24. The van der Waals surface area contributed by atoms with Crippen LogP contribution in [0.1, 0.15) is 9.67 Å². The van der Waals surface area contributed by atoms with Crippen molar-refractivity contribution < 1.29 is 8.98 Å². The molecular weight excluding hydrogens is 372 g/mol. The van der Waals surface area contributed by atoms with Crippen LogP contribution in [-0.2, 0) is 4.18 Å². The average Bonchev–Trinajstić information content (AvgIpc) is 2.78. The molecule has 1 saturated heterocycles. The van der Waals surface area contributed by atoms with Gasteiger partial charge in [0.05, 0.1) is 43.7 Å². The summed E-state index contributed by atoms with van der Waals surface area (Å²) in [6.07, 6.45) is 1.75. The zero-order valence-corrected chi connectivity index (χ0v) is 13.5. The summed E-state index contributed by atoms with van der Waals surface area (Å²) >= 11 is 10.6. The Morgan fingerprint density at radius 3 is 3.11 bits per heavy atom. The lowest BCUT2D eigenvalue weighted by molar-refractivity contribution is 0.0267. The summed E-state index contributed by atoms with van der Waals surface area (Å²) in [4.78, 5) is 18.9. The van der Waals surface area contributed by atoms with E-state index in [4.69, 9.17) is 15.8 Å². The Morgan fingerprint density at radius 1 is 1.63 bits per heavy atom. The van der Waals surface area contributed by atoms with Crippen LogP contribution in [0.25, 0.3) is 10.2 Å². The Kier molecular flexibility index (Phi) is 4.00. The highest BCUT2D eigenvalue weighted by Crippen LogP contribution is 2.32. The number of rotatable bonds is 3. The minimum Gasteiger partial charge on any atom is -0.332 e. The number of fused-ring (bicyclic) bond motifs is 1. The number of likely N-dealkylation sites (tertiary alicyclic amines) is 1. The first-order valence-corrected chi connectivity index (χ1v) is 9.24. The first-order valence-electron chi connectivity index (χ1n) is 5.46. The molecule has 0 aromatic carbocycles. The third-order valence-corrected chi connectivity index (χ3v) is 5.26. The van der Waals surface area contributed by atoms with Crippen LogP contribution in [0.4, 0.5) is 0 Å². The summed E-state index contributed by atoms with van der Waals surface area (Å²) in [7, 11) is 1.15. The second-order valence-corrected chi connectivity index (χ2v) is 6.68. The maximum absolute atomic E-state index is 12.2. The van der Waals surface area contributed by atoms with Crippen LogP contribution in [0.15, 0.2) is 18.3 Å². The third kappa shape index (κ3) is 2.62. The molecule has 3 heterocycles. The number of nitrogens with zero attached hydrogens (tertiary/aromatic N) is 2. The van der Waals surface area contributed by atoms with Gasteiger partial charge >= 0.3 is 0 Å². The molecule has 0 aliphatic carbocycles.